The van der Waals surface area contributed by atoms with Gasteiger partial charge >= 0.3 is 0 Å². The Morgan fingerprint density at radius 2 is 0.959 bits per heavy atom. The van der Waals surface area contributed by atoms with Crippen LogP contribution in [0.15, 0.2) is 265 Å². The highest BCUT2D eigenvalue weighted by atomic mass is 32.1. The predicted octanol–water partition coefficient (Wildman–Crippen LogP) is 19.9. The molecule has 0 radical (unpaired) electrons. The standard InChI is InChI=1S/C71H43NOS/c1-2-16-44(17-3-1)51-18-6-11-29-64(51)72(49-37-34-45(35-38-49)53-24-15-26-58-55-20-7-12-30-65(55)73-69(53)58)50-39-36-46-42-48(33-32-47(46)43-50)52-23-14-25-57-54-19-4-9-27-61(54)71(68(52)57)62-28-10-5-22-60(62)67-63(71)41-40-59-56-21-8-13-31-66(56)74-70(59)67/h1-43H. The molecule has 2 aliphatic rings. The van der Waals surface area contributed by atoms with Gasteiger partial charge in [0.05, 0.1) is 11.1 Å². The van der Waals surface area contributed by atoms with Crippen LogP contribution in [0.2, 0.25) is 0 Å². The fourth-order valence-electron chi connectivity index (χ4n) is 13.0. The summed E-state index contributed by atoms with van der Waals surface area (Å²) >= 11 is 1.93. The van der Waals surface area contributed by atoms with Gasteiger partial charge in [-0.25, -0.2) is 0 Å². The van der Waals surface area contributed by atoms with E-state index in [9.17, 15) is 0 Å². The van der Waals surface area contributed by atoms with Crippen LogP contribution in [0.3, 0.4) is 0 Å². The largest absolute Gasteiger partial charge is 0.455 e. The molecule has 1 spiro atoms. The summed E-state index contributed by atoms with van der Waals surface area (Å²) in [6.45, 7) is 0. The summed E-state index contributed by atoms with van der Waals surface area (Å²) in [5, 5.41) is 7.30. The molecule has 74 heavy (non-hydrogen) atoms. The number of hydrogen-bond acceptors (Lipinski definition) is 3. The van der Waals surface area contributed by atoms with Crippen LogP contribution in [0.5, 0.6) is 0 Å². The Kier molecular flexibility index (Phi) is 8.86. The number of nitrogens with zero attached hydrogens (tertiary/aromatic N) is 1. The van der Waals surface area contributed by atoms with Crippen LogP contribution in [0.25, 0.3) is 109 Å². The lowest BCUT2D eigenvalue weighted by Gasteiger charge is -2.32. The van der Waals surface area contributed by atoms with Gasteiger partial charge in [0.1, 0.15) is 11.2 Å². The normalized spacial score (nSPS) is 14.3. The molecular formula is C71H43NOS. The van der Waals surface area contributed by atoms with Gasteiger partial charge in [-0.1, -0.05) is 212 Å². The summed E-state index contributed by atoms with van der Waals surface area (Å²) in [4.78, 5) is 2.41. The zero-order valence-electron chi connectivity index (χ0n) is 40.1. The molecule has 0 N–H and O–H groups in total. The highest BCUT2D eigenvalue weighted by molar-refractivity contribution is 7.26. The molecule has 16 rings (SSSR count). The minimum absolute atomic E-state index is 0.488. The first-order chi connectivity index (χ1) is 36.7. The molecule has 0 saturated carbocycles. The molecular weight excluding hydrogens is 915 g/mol. The van der Waals surface area contributed by atoms with E-state index in [1.54, 1.807) is 0 Å². The third-order valence-corrected chi connectivity index (χ3v) is 17.3. The third-order valence-electron chi connectivity index (χ3n) is 16.1. The first-order valence-electron chi connectivity index (χ1n) is 25.5. The zero-order valence-corrected chi connectivity index (χ0v) is 40.9. The van der Waals surface area contributed by atoms with E-state index in [0.717, 1.165) is 55.7 Å². The highest BCUT2D eigenvalue weighted by Gasteiger charge is 2.53. The van der Waals surface area contributed by atoms with E-state index >= 15 is 0 Å². The molecule has 2 nitrogen and oxygen atoms in total. The van der Waals surface area contributed by atoms with Crippen molar-refractivity contribution in [3.05, 3.63) is 283 Å². The van der Waals surface area contributed by atoms with Crippen molar-refractivity contribution < 1.29 is 4.42 Å². The Morgan fingerprint density at radius 3 is 1.84 bits per heavy atom. The van der Waals surface area contributed by atoms with Crippen LogP contribution in [0, 0.1) is 0 Å². The van der Waals surface area contributed by atoms with Crippen molar-refractivity contribution >= 4 is 81.3 Å². The van der Waals surface area contributed by atoms with Gasteiger partial charge < -0.3 is 9.32 Å². The number of hydrogen-bond donors (Lipinski definition) is 0. The van der Waals surface area contributed by atoms with Crippen molar-refractivity contribution in [2.24, 2.45) is 0 Å². The number of furan rings is 1. The number of benzene rings is 12. The Bertz CT molecular complexity index is 4620. The van der Waals surface area contributed by atoms with Crippen LogP contribution in [-0.2, 0) is 5.41 Å². The van der Waals surface area contributed by atoms with Crippen LogP contribution < -0.4 is 4.90 Å². The maximum absolute atomic E-state index is 6.50. The Balaban J connectivity index is 0.852. The fourth-order valence-corrected chi connectivity index (χ4v) is 14.2. The maximum Gasteiger partial charge on any atom is 0.143 e. The first-order valence-corrected chi connectivity index (χ1v) is 26.3. The van der Waals surface area contributed by atoms with Gasteiger partial charge in [0, 0.05) is 59.0 Å². The summed E-state index contributed by atoms with van der Waals surface area (Å²) in [5.41, 5.74) is 22.4. The number of fused-ring (bicyclic) bond motifs is 18. The van der Waals surface area contributed by atoms with Crippen molar-refractivity contribution in [1.29, 1.82) is 0 Å². The van der Waals surface area contributed by atoms with Crippen LogP contribution in [0.4, 0.5) is 17.1 Å². The quantitative estimate of drug-likeness (QED) is 0.165. The third kappa shape index (κ3) is 5.81. The molecule has 344 valence electrons. The Morgan fingerprint density at radius 1 is 0.351 bits per heavy atom. The lowest BCUT2D eigenvalue weighted by atomic mass is 9.68. The highest BCUT2D eigenvalue weighted by Crippen LogP contribution is 2.66. The van der Waals surface area contributed by atoms with Crippen LogP contribution in [0.1, 0.15) is 22.3 Å². The van der Waals surface area contributed by atoms with Crippen molar-refractivity contribution in [2.45, 2.75) is 5.41 Å². The van der Waals surface area contributed by atoms with Crippen molar-refractivity contribution in [2.75, 3.05) is 4.90 Å². The van der Waals surface area contributed by atoms with Gasteiger partial charge in [0.25, 0.3) is 0 Å². The van der Waals surface area contributed by atoms with E-state index in [1.165, 1.54) is 92.1 Å². The maximum atomic E-state index is 6.50. The van der Waals surface area contributed by atoms with Gasteiger partial charge in [-0.05, 0) is 121 Å². The van der Waals surface area contributed by atoms with E-state index in [0.29, 0.717) is 0 Å². The average Bonchev–Trinajstić information content (AvgIpc) is 4.36. The van der Waals surface area contributed by atoms with Crippen LogP contribution in [-0.4, -0.2) is 0 Å². The molecule has 1 atom stereocenters. The zero-order chi connectivity index (χ0) is 48.5. The fraction of sp³-hybridized carbons (Fsp3) is 0.0141. The lowest BCUT2D eigenvalue weighted by molar-refractivity contribution is 0.670. The van der Waals surface area contributed by atoms with Crippen molar-refractivity contribution in [3.63, 3.8) is 0 Å². The number of thiophene rings is 1. The second-order valence-corrected chi connectivity index (χ2v) is 20.9. The second-order valence-electron chi connectivity index (χ2n) is 19.8. The summed E-state index contributed by atoms with van der Waals surface area (Å²) in [5.74, 6) is 0. The van der Waals surface area contributed by atoms with Crippen molar-refractivity contribution in [1.82, 2.24) is 0 Å². The number of para-hydroxylation sites is 3. The number of anilines is 3. The minimum Gasteiger partial charge on any atom is -0.455 e. The van der Waals surface area contributed by atoms with E-state index in [2.05, 4.69) is 254 Å². The Hall–Kier alpha value is -9.28. The molecule has 1 unspecified atom stereocenters. The average molecular weight is 958 g/mol. The molecule has 12 aromatic carbocycles. The molecule has 0 aliphatic heterocycles. The topological polar surface area (TPSA) is 16.4 Å². The van der Waals surface area contributed by atoms with Crippen molar-refractivity contribution in [3.8, 4) is 55.6 Å². The monoisotopic (exact) mass is 957 g/mol. The molecule has 0 amide bonds. The second kappa shape index (κ2) is 15.9. The van der Waals surface area contributed by atoms with Gasteiger partial charge in [-0.15, -0.1) is 11.3 Å². The molecule has 14 aromatic rings. The minimum atomic E-state index is -0.488. The molecule has 0 fully saturated rings. The first kappa shape index (κ1) is 41.3. The molecule has 2 aromatic heterocycles. The van der Waals surface area contributed by atoms with Gasteiger partial charge in [-0.2, -0.15) is 0 Å². The van der Waals surface area contributed by atoms with Gasteiger partial charge in [0.2, 0.25) is 0 Å². The predicted molar refractivity (Wildman–Crippen MR) is 311 cm³/mol. The smallest absolute Gasteiger partial charge is 0.143 e. The number of rotatable bonds is 6. The van der Waals surface area contributed by atoms with Crippen LogP contribution >= 0.6 is 11.3 Å². The summed E-state index contributed by atoms with van der Waals surface area (Å²) in [6, 6.07) is 96.4. The summed E-state index contributed by atoms with van der Waals surface area (Å²) in [6.07, 6.45) is 0. The molecule has 0 saturated heterocycles. The lowest BCUT2D eigenvalue weighted by Crippen LogP contribution is -2.26. The molecule has 3 heteroatoms. The van der Waals surface area contributed by atoms with E-state index in [-0.39, 0.29) is 0 Å². The molecule has 0 bridgehead atoms. The molecule has 2 aliphatic carbocycles. The van der Waals surface area contributed by atoms with E-state index in [1.807, 2.05) is 23.5 Å². The summed E-state index contributed by atoms with van der Waals surface area (Å²) in [7, 11) is 0. The summed E-state index contributed by atoms with van der Waals surface area (Å²) < 4.78 is 9.20. The van der Waals surface area contributed by atoms with E-state index in [4.69, 9.17) is 4.42 Å². The SMILES string of the molecule is c1ccc(-c2ccccc2N(c2ccc(-c3cccc4c3oc3ccccc34)cc2)c2ccc3cc(-c4cccc5c4C4(c6ccccc6-5)c5ccccc5-c5c4ccc4c5sc5ccccc54)ccc3c2)cc1. The molecule has 2 heterocycles. The van der Waals surface area contributed by atoms with Gasteiger partial charge in [0.15, 0.2) is 0 Å². The van der Waals surface area contributed by atoms with E-state index < -0.39 is 5.41 Å². The van der Waals surface area contributed by atoms with Gasteiger partial charge in [-0.3, -0.25) is 0 Å². The Labute approximate surface area is 432 Å².